The van der Waals surface area contributed by atoms with Crippen LogP contribution in [0.2, 0.25) is 0 Å². The van der Waals surface area contributed by atoms with Crippen LogP contribution < -0.4 is 21.5 Å². The predicted octanol–water partition coefficient (Wildman–Crippen LogP) is 1.41. The number of likely N-dealkylation sites (tertiary alicyclic amines) is 1. The van der Waals surface area contributed by atoms with Crippen molar-refractivity contribution in [3.8, 4) is 0 Å². The van der Waals surface area contributed by atoms with Crippen LogP contribution in [0.4, 0.5) is 5.69 Å². The second-order valence-corrected chi connectivity index (χ2v) is 11.2. The van der Waals surface area contributed by atoms with Gasteiger partial charge in [0.2, 0.25) is 11.8 Å². The van der Waals surface area contributed by atoms with Crippen molar-refractivity contribution in [2.75, 3.05) is 25.5 Å². The maximum Gasteiger partial charge on any atom is 0.330 e. The molecule has 13 nitrogen and oxygen atoms in total. The van der Waals surface area contributed by atoms with Crippen molar-refractivity contribution < 1.29 is 23.9 Å². The smallest absolute Gasteiger partial charge is 0.330 e. The summed E-state index contributed by atoms with van der Waals surface area (Å²) in [4.78, 5) is 70.2. The number of allylic oxidation sites excluding steroid dienone is 1. The minimum Gasteiger partial charge on any atom is -0.463 e. The number of aromatic nitrogens is 3. The lowest BCUT2D eigenvalue weighted by molar-refractivity contribution is -0.137. The highest BCUT2D eigenvalue weighted by atomic mass is 16.5. The second kappa shape index (κ2) is 14.8. The second-order valence-electron chi connectivity index (χ2n) is 11.2. The monoisotopic (exact) mass is 595 g/mol. The van der Waals surface area contributed by atoms with E-state index in [4.69, 9.17) is 4.74 Å². The van der Waals surface area contributed by atoms with E-state index in [0.29, 0.717) is 11.8 Å². The Morgan fingerprint density at radius 2 is 2.02 bits per heavy atom. The molecule has 0 aromatic carbocycles. The van der Waals surface area contributed by atoms with Crippen LogP contribution in [0.1, 0.15) is 55.9 Å². The summed E-state index contributed by atoms with van der Waals surface area (Å²) in [6.45, 7) is 2.69. The van der Waals surface area contributed by atoms with Gasteiger partial charge in [-0.3, -0.25) is 24.1 Å². The van der Waals surface area contributed by atoms with Crippen molar-refractivity contribution in [1.82, 2.24) is 29.7 Å². The first kappa shape index (κ1) is 31.7. The number of ether oxygens (including phenoxy) is 1. The van der Waals surface area contributed by atoms with Gasteiger partial charge < -0.3 is 29.8 Å². The summed E-state index contributed by atoms with van der Waals surface area (Å²) in [6.07, 6.45) is 12.1. The van der Waals surface area contributed by atoms with Gasteiger partial charge in [0.15, 0.2) is 0 Å². The molecule has 0 spiro atoms. The van der Waals surface area contributed by atoms with Crippen molar-refractivity contribution in [3.63, 3.8) is 0 Å². The average molecular weight is 596 g/mol. The van der Waals surface area contributed by atoms with Crippen molar-refractivity contribution in [2.45, 2.75) is 64.2 Å². The van der Waals surface area contributed by atoms with Gasteiger partial charge in [0.25, 0.3) is 11.5 Å². The van der Waals surface area contributed by atoms with Gasteiger partial charge in [-0.05, 0) is 70.0 Å². The molecule has 1 saturated carbocycles. The van der Waals surface area contributed by atoms with Gasteiger partial charge in [-0.25, -0.2) is 9.78 Å². The molecule has 3 unspecified atom stereocenters. The molecule has 232 valence electrons. The number of hydrogen-bond acceptors (Lipinski definition) is 8. The van der Waals surface area contributed by atoms with Gasteiger partial charge in [0, 0.05) is 25.9 Å². The van der Waals surface area contributed by atoms with Gasteiger partial charge >= 0.3 is 5.97 Å². The Kier molecular flexibility index (Phi) is 10.9. The maximum absolute atomic E-state index is 13.3. The molecule has 3 N–H and O–H groups in total. The molecule has 4 atom stereocenters. The molecule has 2 fully saturated rings. The highest BCUT2D eigenvalue weighted by molar-refractivity contribution is 6.00. The van der Waals surface area contributed by atoms with Crippen LogP contribution >= 0.6 is 0 Å². The van der Waals surface area contributed by atoms with Crippen molar-refractivity contribution in [2.24, 2.45) is 18.9 Å². The number of fused-ring (bicyclic) bond motifs is 2. The Labute approximate surface area is 250 Å². The maximum atomic E-state index is 13.3. The van der Waals surface area contributed by atoms with Crippen LogP contribution in [0, 0.1) is 11.8 Å². The molecule has 1 aliphatic heterocycles. The predicted molar refractivity (Wildman–Crippen MR) is 159 cm³/mol. The van der Waals surface area contributed by atoms with E-state index in [1.165, 1.54) is 52.8 Å². The highest BCUT2D eigenvalue weighted by Crippen LogP contribution is 2.36. The van der Waals surface area contributed by atoms with Gasteiger partial charge in [0.05, 0.1) is 25.3 Å². The molecule has 3 heterocycles. The van der Waals surface area contributed by atoms with Crippen LogP contribution in [0.3, 0.4) is 0 Å². The fourth-order valence-corrected chi connectivity index (χ4v) is 5.95. The zero-order chi connectivity index (χ0) is 30.9. The lowest BCUT2D eigenvalue weighted by atomic mass is 9.76. The van der Waals surface area contributed by atoms with Crippen LogP contribution in [-0.2, 0) is 32.7 Å². The van der Waals surface area contributed by atoms with E-state index >= 15 is 0 Å². The largest absolute Gasteiger partial charge is 0.463 e. The SMILES string of the molecule is CCOC(=O)/C=C/CC[C@H](NC(=O)c1cncn1C)C(=O)Nc1cccn(CC(=O)NC2C3CCCC(C3)CN2C)c1=O. The first-order chi connectivity index (χ1) is 20.7. The molecule has 2 aromatic heterocycles. The summed E-state index contributed by atoms with van der Waals surface area (Å²) in [7, 11) is 3.67. The number of imidazole rings is 1. The molecular weight excluding hydrogens is 554 g/mol. The zero-order valence-corrected chi connectivity index (χ0v) is 25.0. The summed E-state index contributed by atoms with van der Waals surface area (Å²) < 4.78 is 7.64. The normalized spacial score (nSPS) is 20.8. The number of nitrogens with one attached hydrogen (secondary N) is 3. The first-order valence-electron chi connectivity index (χ1n) is 14.8. The Hall–Kier alpha value is -4.26. The summed E-state index contributed by atoms with van der Waals surface area (Å²) in [5.41, 5.74) is -0.313. The summed E-state index contributed by atoms with van der Waals surface area (Å²) >= 11 is 0. The van der Waals surface area contributed by atoms with Crippen LogP contribution in [0.5, 0.6) is 0 Å². The molecule has 2 aromatic rings. The molecule has 4 rings (SSSR count). The Morgan fingerprint density at radius 3 is 2.77 bits per heavy atom. The molecule has 3 amide bonds. The molecule has 13 heteroatoms. The molecule has 2 aliphatic rings. The van der Waals surface area contributed by atoms with E-state index in [0.717, 1.165) is 19.4 Å². The number of anilines is 1. The third kappa shape index (κ3) is 8.40. The van der Waals surface area contributed by atoms with Crippen LogP contribution in [0.15, 0.2) is 47.8 Å². The molecule has 1 aliphatic carbocycles. The fraction of sp³-hybridized carbons (Fsp3) is 0.533. The molecule has 43 heavy (non-hydrogen) atoms. The lowest BCUT2D eigenvalue weighted by Crippen LogP contribution is -2.57. The van der Waals surface area contributed by atoms with Crippen LogP contribution in [0.25, 0.3) is 0 Å². The Bertz CT molecular complexity index is 1400. The third-order valence-corrected chi connectivity index (χ3v) is 8.03. The number of esters is 1. The quantitative estimate of drug-likeness (QED) is 0.246. The number of nitrogens with zero attached hydrogens (tertiary/aromatic N) is 4. The Balaban J connectivity index is 1.42. The molecule has 2 bridgehead atoms. The first-order valence-corrected chi connectivity index (χ1v) is 14.8. The van der Waals surface area contributed by atoms with E-state index in [1.807, 2.05) is 7.05 Å². The van der Waals surface area contributed by atoms with Gasteiger partial charge in [-0.15, -0.1) is 0 Å². The molecule has 1 saturated heterocycles. The minimum atomic E-state index is -1.04. The number of amides is 3. The van der Waals surface area contributed by atoms with Crippen molar-refractivity contribution in [1.29, 1.82) is 0 Å². The fourth-order valence-electron chi connectivity index (χ4n) is 5.95. The number of pyridine rings is 1. The number of rotatable bonds is 12. The van der Waals surface area contributed by atoms with E-state index in [9.17, 15) is 24.0 Å². The summed E-state index contributed by atoms with van der Waals surface area (Å²) in [6, 6.07) is 1.99. The van der Waals surface area contributed by atoms with Gasteiger partial charge in [-0.2, -0.15) is 0 Å². The van der Waals surface area contributed by atoms with E-state index in [1.54, 1.807) is 26.1 Å². The van der Waals surface area contributed by atoms with E-state index in [2.05, 4.69) is 25.8 Å². The van der Waals surface area contributed by atoms with Crippen molar-refractivity contribution in [3.05, 3.63) is 59.1 Å². The summed E-state index contributed by atoms with van der Waals surface area (Å²) in [5.74, 6) is -0.847. The van der Waals surface area contributed by atoms with Gasteiger partial charge in [0.1, 0.15) is 24.0 Å². The number of carbonyl (C=O) groups excluding carboxylic acids is 4. The lowest BCUT2D eigenvalue weighted by Gasteiger charge is -2.46. The summed E-state index contributed by atoms with van der Waals surface area (Å²) in [5, 5.41) is 8.41. The van der Waals surface area contributed by atoms with E-state index in [-0.39, 0.29) is 49.4 Å². The minimum absolute atomic E-state index is 0.0212. The number of hydrogen-bond donors (Lipinski definition) is 3. The topological polar surface area (TPSA) is 157 Å². The average Bonchev–Trinajstić information content (AvgIpc) is 3.41. The Morgan fingerprint density at radius 1 is 1.21 bits per heavy atom. The third-order valence-electron chi connectivity index (χ3n) is 8.03. The zero-order valence-electron chi connectivity index (χ0n) is 25.0. The molecular formula is C30H41N7O6. The standard InChI is InChI=1S/C30H41N7O6/c1-4-43-26(39)13-6-5-11-22(32-29(41)24-16-31-19-36(24)3)28(40)33-23-12-8-14-37(30(23)42)18-25(38)34-27-21-10-7-9-20(15-21)17-35(27)2/h6,8,12-14,16,19-22,27H,4-5,7,9-11,15,17-18H2,1-3H3,(H,32,41)(H,33,40)(H,34,38)/b13-6+/t20?,21?,22-,27?/m0/s1. The van der Waals surface area contributed by atoms with E-state index < -0.39 is 29.4 Å². The number of carbonyl (C=O) groups is 4. The van der Waals surface area contributed by atoms with Gasteiger partial charge in [-0.1, -0.05) is 12.5 Å². The van der Waals surface area contributed by atoms with Crippen molar-refractivity contribution >= 4 is 29.4 Å². The number of aryl methyl sites for hydroxylation is 1. The highest BCUT2D eigenvalue weighted by Gasteiger charge is 2.37. The van der Waals surface area contributed by atoms with Crippen LogP contribution in [-0.4, -0.2) is 75.1 Å². The molecule has 0 radical (unpaired) electrons. The number of piperidine rings is 1.